The Morgan fingerprint density at radius 1 is 1.07 bits per heavy atom. The number of allylic oxidation sites excluding steroid dienone is 2. The quantitative estimate of drug-likeness (QED) is 0.254. The number of carboxylic acid groups (broad SMARTS) is 1. The number of carbonyl (C=O) groups excluding carboxylic acids is 3. The molecule has 2 fully saturated rings. The van der Waals surface area contributed by atoms with Crippen LogP contribution in [0.2, 0.25) is 18.1 Å². The van der Waals surface area contributed by atoms with Gasteiger partial charge in [0.15, 0.2) is 19.4 Å². The standard InChI is InChI=1S/C29H49N3O7Si/c1-26(2,3)38-25(37)30-21-16-14-12-10-9-11-13-15-17-28(24(35)36)29(23(34)31-28)18-20(19-32(29)22(21)33)39-40(7,8)27(4,5)6/h11,13,20-21H,9-10,12,14-19H2,1-8H3,(H,30,37)(H,31,34)(H,35,36). The first-order chi connectivity index (χ1) is 18.4. The summed E-state index contributed by atoms with van der Waals surface area (Å²) in [6.07, 6.45) is 7.11. The second-order valence-corrected chi connectivity index (χ2v) is 18.8. The Morgan fingerprint density at radius 3 is 2.30 bits per heavy atom. The van der Waals surface area contributed by atoms with Crippen molar-refractivity contribution in [3.8, 4) is 0 Å². The van der Waals surface area contributed by atoms with Crippen LogP contribution >= 0.6 is 0 Å². The van der Waals surface area contributed by atoms with Crippen LogP contribution in [0.25, 0.3) is 0 Å². The largest absolute Gasteiger partial charge is 0.479 e. The molecule has 3 N–H and O–H groups in total. The van der Waals surface area contributed by atoms with Gasteiger partial charge in [0.1, 0.15) is 11.6 Å². The number of rotatable bonds is 4. The number of β-lactam (4-membered cyclic amide) rings is 1. The van der Waals surface area contributed by atoms with E-state index in [4.69, 9.17) is 9.16 Å². The van der Waals surface area contributed by atoms with Crippen molar-refractivity contribution in [2.75, 3.05) is 6.54 Å². The number of hydrogen-bond acceptors (Lipinski definition) is 6. The van der Waals surface area contributed by atoms with Crippen molar-refractivity contribution in [1.82, 2.24) is 15.5 Å². The fourth-order valence-electron chi connectivity index (χ4n) is 5.79. The minimum atomic E-state index is -2.32. The third-order valence-electron chi connectivity index (χ3n) is 8.88. The van der Waals surface area contributed by atoms with E-state index in [1.54, 1.807) is 20.8 Å². The average Bonchev–Trinajstić information content (AvgIpc) is 3.20. The van der Waals surface area contributed by atoms with Gasteiger partial charge >= 0.3 is 12.1 Å². The van der Waals surface area contributed by atoms with Gasteiger partial charge in [0.25, 0.3) is 0 Å². The van der Waals surface area contributed by atoms with Crippen LogP contribution in [0, 0.1) is 0 Å². The summed E-state index contributed by atoms with van der Waals surface area (Å²) >= 11 is 0. The van der Waals surface area contributed by atoms with Crippen molar-refractivity contribution in [3.63, 3.8) is 0 Å². The second-order valence-electron chi connectivity index (χ2n) is 14.0. The molecule has 0 saturated carbocycles. The normalized spacial score (nSPS) is 30.4. The zero-order chi connectivity index (χ0) is 30.1. The molecule has 2 saturated heterocycles. The monoisotopic (exact) mass is 579 g/mol. The van der Waals surface area contributed by atoms with E-state index in [2.05, 4.69) is 44.5 Å². The van der Waals surface area contributed by atoms with Crippen molar-refractivity contribution >= 4 is 32.2 Å². The van der Waals surface area contributed by atoms with Crippen LogP contribution < -0.4 is 10.6 Å². The predicted octanol–water partition coefficient (Wildman–Crippen LogP) is 4.49. The Balaban J connectivity index is 2.07. The third kappa shape index (κ3) is 6.25. The first kappa shape index (κ1) is 32.1. The van der Waals surface area contributed by atoms with Crippen molar-refractivity contribution < 1.29 is 33.4 Å². The summed E-state index contributed by atoms with van der Waals surface area (Å²) in [6.45, 7) is 15.8. The summed E-state index contributed by atoms with van der Waals surface area (Å²) < 4.78 is 12.1. The van der Waals surface area contributed by atoms with Crippen LogP contribution in [0.5, 0.6) is 0 Å². The first-order valence-electron chi connectivity index (χ1n) is 14.6. The van der Waals surface area contributed by atoms with Gasteiger partial charge in [-0.15, -0.1) is 0 Å². The van der Waals surface area contributed by atoms with Gasteiger partial charge in [-0.25, -0.2) is 9.59 Å². The van der Waals surface area contributed by atoms with E-state index in [1.165, 1.54) is 4.90 Å². The maximum absolute atomic E-state index is 14.3. The maximum atomic E-state index is 14.3. The number of nitrogens with one attached hydrogen (secondary N) is 2. The highest BCUT2D eigenvalue weighted by Crippen LogP contribution is 2.50. The lowest BCUT2D eigenvalue weighted by atomic mass is 9.64. The first-order valence-corrected chi connectivity index (χ1v) is 17.5. The molecule has 3 amide bonds. The van der Waals surface area contributed by atoms with E-state index < -0.39 is 61.0 Å². The number of nitrogens with zero attached hydrogens (tertiary/aromatic N) is 1. The number of alkyl carbamates (subject to hydrolysis) is 1. The molecule has 226 valence electrons. The molecule has 0 aromatic heterocycles. The van der Waals surface area contributed by atoms with Crippen LogP contribution in [0.4, 0.5) is 4.79 Å². The smallest absolute Gasteiger partial charge is 0.408 e. The molecule has 0 aromatic rings. The van der Waals surface area contributed by atoms with E-state index in [0.717, 1.165) is 19.3 Å². The summed E-state index contributed by atoms with van der Waals surface area (Å²) in [6, 6.07) is -0.961. The van der Waals surface area contributed by atoms with Crippen molar-refractivity contribution in [2.45, 2.75) is 140 Å². The molecule has 10 nitrogen and oxygen atoms in total. The summed E-state index contributed by atoms with van der Waals surface area (Å²) in [7, 11) is -2.32. The molecule has 0 radical (unpaired) electrons. The zero-order valence-corrected chi connectivity index (χ0v) is 26.5. The highest BCUT2D eigenvalue weighted by Gasteiger charge is 2.76. The lowest BCUT2D eigenvalue weighted by Gasteiger charge is -2.57. The highest BCUT2D eigenvalue weighted by molar-refractivity contribution is 6.74. The molecule has 3 rings (SSSR count). The lowest BCUT2D eigenvalue weighted by Crippen LogP contribution is -2.88. The van der Waals surface area contributed by atoms with Gasteiger partial charge in [-0.2, -0.15) is 0 Å². The van der Waals surface area contributed by atoms with Gasteiger partial charge in [0.05, 0.1) is 6.10 Å². The van der Waals surface area contributed by atoms with E-state index in [1.807, 2.05) is 12.2 Å². The summed E-state index contributed by atoms with van der Waals surface area (Å²) in [5.41, 5.74) is -4.03. The summed E-state index contributed by atoms with van der Waals surface area (Å²) in [5, 5.41) is 15.9. The van der Waals surface area contributed by atoms with E-state index in [-0.39, 0.29) is 24.4 Å². The molecule has 3 heterocycles. The minimum absolute atomic E-state index is 0.0795. The topological polar surface area (TPSA) is 134 Å². The number of ether oxygens (including phenoxy) is 1. The van der Waals surface area contributed by atoms with Crippen molar-refractivity contribution in [3.05, 3.63) is 12.2 Å². The Kier molecular flexibility index (Phi) is 9.21. The molecule has 4 unspecified atom stereocenters. The average molecular weight is 580 g/mol. The molecule has 1 spiro atoms. The zero-order valence-electron chi connectivity index (χ0n) is 25.5. The Labute approximate surface area is 239 Å². The van der Waals surface area contributed by atoms with Gasteiger partial charge in [-0.05, 0) is 71.0 Å². The van der Waals surface area contributed by atoms with Crippen LogP contribution in [0.3, 0.4) is 0 Å². The predicted molar refractivity (Wildman–Crippen MR) is 154 cm³/mol. The SMILES string of the molecule is CC(C)(C)OC(=O)NC1CCCCCC=CCCC2(C(=O)O)NC(=O)C23CC(O[Si](C)(C)C(C)(C)C)CN3C1=O. The minimum Gasteiger partial charge on any atom is -0.479 e. The van der Waals surface area contributed by atoms with Gasteiger partial charge in [-0.3, -0.25) is 9.59 Å². The Morgan fingerprint density at radius 2 is 1.73 bits per heavy atom. The van der Waals surface area contributed by atoms with Gasteiger partial charge < -0.3 is 29.8 Å². The van der Waals surface area contributed by atoms with Gasteiger partial charge in [0.2, 0.25) is 11.8 Å². The van der Waals surface area contributed by atoms with Crippen LogP contribution in [0.1, 0.15) is 92.9 Å². The number of carboxylic acids is 1. The molecule has 0 aliphatic carbocycles. The van der Waals surface area contributed by atoms with E-state index in [9.17, 15) is 24.3 Å². The van der Waals surface area contributed by atoms with Crippen LogP contribution in [-0.4, -0.2) is 77.6 Å². The molecule has 0 aromatic carbocycles. The van der Waals surface area contributed by atoms with Crippen LogP contribution in [0.15, 0.2) is 12.2 Å². The van der Waals surface area contributed by atoms with Crippen molar-refractivity contribution in [2.24, 2.45) is 0 Å². The molecule has 0 bridgehead atoms. The molecule has 3 aliphatic rings. The Bertz CT molecular complexity index is 1030. The summed E-state index contributed by atoms with van der Waals surface area (Å²) in [4.78, 5) is 55.0. The van der Waals surface area contributed by atoms with Gasteiger partial charge in [-0.1, -0.05) is 45.8 Å². The fourth-order valence-corrected chi connectivity index (χ4v) is 7.14. The molecule has 3 aliphatic heterocycles. The fraction of sp³-hybridized carbons (Fsp3) is 0.793. The molecular weight excluding hydrogens is 530 g/mol. The highest BCUT2D eigenvalue weighted by atomic mass is 28.4. The summed E-state index contributed by atoms with van der Waals surface area (Å²) in [5.74, 6) is -2.13. The number of aliphatic carboxylic acids is 1. The Hall–Kier alpha value is -2.40. The maximum Gasteiger partial charge on any atom is 0.408 e. The van der Waals surface area contributed by atoms with Crippen LogP contribution in [-0.2, 0) is 23.5 Å². The van der Waals surface area contributed by atoms with E-state index >= 15 is 0 Å². The van der Waals surface area contributed by atoms with E-state index in [0.29, 0.717) is 19.3 Å². The second kappa shape index (κ2) is 11.5. The molecule has 11 heteroatoms. The van der Waals surface area contributed by atoms with Gasteiger partial charge in [0, 0.05) is 13.0 Å². The molecular formula is C29H49N3O7Si. The third-order valence-corrected chi connectivity index (χ3v) is 13.4. The number of hydrogen-bond donors (Lipinski definition) is 3. The lowest BCUT2D eigenvalue weighted by molar-refractivity contribution is -0.181. The molecule has 4 atom stereocenters. The molecule has 40 heavy (non-hydrogen) atoms. The number of amides is 3. The number of carbonyl (C=O) groups is 4. The van der Waals surface area contributed by atoms with Crippen molar-refractivity contribution in [1.29, 1.82) is 0 Å².